The largest absolute Gasteiger partial charge is 0.497 e. The Hall–Kier alpha value is -4.07. The number of rotatable bonds is 7. The number of hydrogen-bond donors (Lipinski definition) is 1. The first kappa shape index (κ1) is 19.3. The van der Waals surface area contributed by atoms with Gasteiger partial charge in [-0.05, 0) is 54.1 Å². The molecule has 0 saturated heterocycles. The van der Waals surface area contributed by atoms with Crippen molar-refractivity contribution in [3.63, 3.8) is 0 Å². The van der Waals surface area contributed by atoms with Crippen molar-refractivity contribution in [2.45, 2.75) is 6.54 Å². The Morgan fingerprint density at radius 2 is 1.53 bits per heavy atom. The van der Waals surface area contributed by atoms with Gasteiger partial charge in [0.1, 0.15) is 11.5 Å². The molecule has 8 nitrogen and oxygen atoms in total. The Labute approximate surface area is 173 Å². The van der Waals surface area contributed by atoms with Gasteiger partial charge in [-0.3, -0.25) is 4.79 Å². The second-order valence-corrected chi connectivity index (χ2v) is 6.54. The van der Waals surface area contributed by atoms with E-state index in [9.17, 15) is 4.79 Å². The number of nitrogens with zero attached hydrogens (tertiary/aromatic N) is 4. The van der Waals surface area contributed by atoms with Crippen LogP contribution in [-0.4, -0.2) is 39.7 Å². The van der Waals surface area contributed by atoms with Crippen molar-refractivity contribution in [2.24, 2.45) is 0 Å². The fraction of sp³-hybridized carbons (Fsp3) is 0.136. The third-order valence-corrected chi connectivity index (χ3v) is 4.61. The van der Waals surface area contributed by atoms with Crippen LogP contribution >= 0.6 is 0 Å². The Balaban J connectivity index is 1.63. The lowest BCUT2D eigenvalue weighted by atomic mass is 10.2. The molecule has 0 aliphatic rings. The lowest BCUT2D eigenvalue weighted by molar-refractivity contribution is 0.102. The second kappa shape index (κ2) is 8.52. The minimum atomic E-state index is -0.343. The Bertz CT molecular complexity index is 1120. The maximum Gasteiger partial charge on any atom is 0.280 e. The van der Waals surface area contributed by atoms with Crippen LogP contribution in [0.25, 0.3) is 5.82 Å². The van der Waals surface area contributed by atoms with Crippen molar-refractivity contribution in [1.82, 2.24) is 19.6 Å². The summed E-state index contributed by atoms with van der Waals surface area (Å²) in [4.78, 5) is 12.9. The van der Waals surface area contributed by atoms with Gasteiger partial charge in [-0.25, -0.2) is 4.68 Å². The topological polar surface area (TPSA) is 83.2 Å². The molecule has 0 unspecified atom stereocenters. The van der Waals surface area contributed by atoms with E-state index in [1.807, 2.05) is 53.4 Å². The summed E-state index contributed by atoms with van der Waals surface area (Å²) in [6.07, 6.45) is 3.71. The van der Waals surface area contributed by atoms with E-state index >= 15 is 0 Å². The number of carbonyl (C=O) groups is 1. The molecule has 0 fully saturated rings. The van der Waals surface area contributed by atoms with Gasteiger partial charge >= 0.3 is 0 Å². The molecule has 0 atom stereocenters. The number of carbonyl (C=O) groups excluding carboxylic acids is 1. The van der Waals surface area contributed by atoms with Crippen molar-refractivity contribution in [3.05, 3.63) is 84.3 Å². The average Bonchev–Trinajstić information content (AvgIpc) is 3.44. The van der Waals surface area contributed by atoms with Crippen LogP contribution < -0.4 is 14.8 Å². The first-order valence-corrected chi connectivity index (χ1v) is 9.33. The van der Waals surface area contributed by atoms with Crippen molar-refractivity contribution < 1.29 is 14.3 Å². The van der Waals surface area contributed by atoms with Crippen molar-refractivity contribution in [1.29, 1.82) is 0 Å². The Kier molecular flexibility index (Phi) is 5.47. The van der Waals surface area contributed by atoms with Crippen LogP contribution in [0.15, 0.2) is 73.1 Å². The SMILES string of the molecule is COc1ccc(Cn2nnc(C(=O)Nc3ccc(OC)cc3)c2-n2cccc2)cc1. The summed E-state index contributed by atoms with van der Waals surface area (Å²) in [6, 6.07) is 18.6. The summed E-state index contributed by atoms with van der Waals surface area (Å²) in [5.41, 5.74) is 1.88. The van der Waals surface area contributed by atoms with E-state index < -0.39 is 0 Å². The van der Waals surface area contributed by atoms with Crippen LogP contribution in [0, 0.1) is 0 Å². The predicted octanol–water partition coefficient (Wildman–Crippen LogP) is 3.39. The summed E-state index contributed by atoms with van der Waals surface area (Å²) in [5, 5.41) is 11.3. The van der Waals surface area contributed by atoms with Crippen LogP contribution in [0.2, 0.25) is 0 Å². The van der Waals surface area contributed by atoms with Gasteiger partial charge in [-0.1, -0.05) is 17.3 Å². The molecule has 0 spiro atoms. The second-order valence-electron chi connectivity index (χ2n) is 6.54. The minimum Gasteiger partial charge on any atom is -0.497 e. The zero-order valence-electron chi connectivity index (χ0n) is 16.6. The highest BCUT2D eigenvalue weighted by atomic mass is 16.5. The van der Waals surface area contributed by atoms with Crippen molar-refractivity contribution in [3.8, 4) is 17.3 Å². The Morgan fingerprint density at radius 1 is 0.933 bits per heavy atom. The predicted molar refractivity (Wildman–Crippen MR) is 112 cm³/mol. The molecule has 0 aliphatic carbocycles. The van der Waals surface area contributed by atoms with Gasteiger partial charge in [0.25, 0.3) is 5.91 Å². The molecule has 2 heterocycles. The summed E-state index contributed by atoms with van der Waals surface area (Å²) in [5.74, 6) is 1.74. The fourth-order valence-electron chi connectivity index (χ4n) is 3.06. The molecule has 0 saturated carbocycles. The molecule has 30 heavy (non-hydrogen) atoms. The first-order chi connectivity index (χ1) is 14.7. The molecule has 0 aliphatic heterocycles. The smallest absolute Gasteiger partial charge is 0.280 e. The minimum absolute atomic E-state index is 0.232. The molecule has 2 aromatic heterocycles. The van der Waals surface area contributed by atoms with E-state index in [0.717, 1.165) is 11.3 Å². The van der Waals surface area contributed by atoms with Crippen LogP contribution in [0.4, 0.5) is 5.69 Å². The van der Waals surface area contributed by atoms with Gasteiger partial charge in [0.2, 0.25) is 0 Å². The number of amides is 1. The highest BCUT2D eigenvalue weighted by molar-refractivity contribution is 6.04. The van der Waals surface area contributed by atoms with E-state index in [0.29, 0.717) is 23.8 Å². The molecule has 1 amide bonds. The highest BCUT2D eigenvalue weighted by Crippen LogP contribution is 2.19. The molecule has 8 heteroatoms. The standard InChI is InChI=1S/C22H21N5O3/c1-29-18-9-5-16(6-10-18)15-27-22(26-13-3-4-14-26)20(24-25-27)21(28)23-17-7-11-19(30-2)12-8-17/h3-14H,15H2,1-2H3,(H,23,28). The molecule has 4 rings (SSSR count). The van der Waals surface area contributed by atoms with Crippen molar-refractivity contribution in [2.75, 3.05) is 19.5 Å². The Morgan fingerprint density at radius 3 is 2.13 bits per heavy atom. The maximum absolute atomic E-state index is 12.9. The third-order valence-electron chi connectivity index (χ3n) is 4.61. The lowest BCUT2D eigenvalue weighted by Gasteiger charge is -2.10. The molecule has 0 radical (unpaired) electrons. The van der Waals surface area contributed by atoms with Crippen LogP contribution in [-0.2, 0) is 6.54 Å². The third kappa shape index (κ3) is 4.02. The number of aromatic nitrogens is 4. The number of benzene rings is 2. The molecule has 2 aromatic carbocycles. The summed E-state index contributed by atoms with van der Waals surface area (Å²) in [6.45, 7) is 0.459. The maximum atomic E-state index is 12.9. The van der Waals surface area contributed by atoms with Crippen LogP contribution in [0.5, 0.6) is 11.5 Å². The van der Waals surface area contributed by atoms with Gasteiger partial charge < -0.3 is 19.4 Å². The van der Waals surface area contributed by atoms with E-state index in [2.05, 4.69) is 15.6 Å². The monoisotopic (exact) mass is 403 g/mol. The molecule has 1 N–H and O–H groups in total. The zero-order chi connectivity index (χ0) is 20.9. The number of ether oxygens (including phenoxy) is 2. The van der Waals surface area contributed by atoms with Crippen LogP contribution in [0.3, 0.4) is 0 Å². The summed E-state index contributed by atoms with van der Waals surface area (Å²) >= 11 is 0. The van der Waals surface area contributed by atoms with Crippen molar-refractivity contribution >= 4 is 11.6 Å². The van der Waals surface area contributed by atoms with Gasteiger partial charge in [0, 0.05) is 18.1 Å². The molecule has 0 bridgehead atoms. The molecule has 152 valence electrons. The molecular weight excluding hydrogens is 382 g/mol. The van der Waals surface area contributed by atoms with E-state index in [1.165, 1.54) is 0 Å². The first-order valence-electron chi connectivity index (χ1n) is 9.33. The normalized spacial score (nSPS) is 10.6. The van der Waals surface area contributed by atoms with E-state index in [-0.39, 0.29) is 11.6 Å². The highest BCUT2D eigenvalue weighted by Gasteiger charge is 2.21. The summed E-state index contributed by atoms with van der Waals surface area (Å²) in [7, 11) is 3.22. The van der Waals surface area contributed by atoms with E-state index in [4.69, 9.17) is 9.47 Å². The number of nitrogens with one attached hydrogen (secondary N) is 1. The van der Waals surface area contributed by atoms with Gasteiger partial charge in [0.05, 0.1) is 20.8 Å². The van der Waals surface area contributed by atoms with Gasteiger partial charge in [-0.15, -0.1) is 5.10 Å². The quantitative estimate of drug-likeness (QED) is 0.511. The molecular formula is C22H21N5O3. The molecule has 4 aromatic rings. The van der Waals surface area contributed by atoms with Gasteiger partial charge in [0.15, 0.2) is 11.5 Å². The number of anilines is 1. The average molecular weight is 403 g/mol. The van der Waals surface area contributed by atoms with E-state index in [1.54, 1.807) is 43.2 Å². The fourth-order valence-corrected chi connectivity index (χ4v) is 3.06. The zero-order valence-corrected chi connectivity index (χ0v) is 16.6. The number of methoxy groups -OCH3 is 2. The lowest BCUT2D eigenvalue weighted by Crippen LogP contribution is -2.16. The number of hydrogen-bond acceptors (Lipinski definition) is 5. The van der Waals surface area contributed by atoms with Crippen LogP contribution in [0.1, 0.15) is 16.1 Å². The summed E-state index contributed by atoms with van der Waals surface area (Å²) < 4.78 is 13.9. The van der Waals surface area contributed by atoms with Gasteiger partial charge in [-0.2, -0.15) is 0 Å².